The monoisotopic (exact) mass is 339 g/mol. The Labute approximate surface area is 119 Å². The van der Waals surface area contributed by atoms with Gasteiger partial charge in [-0.05, 0) is 0 Å². The lowest BCUT2D eigenvalue weighted by Crippen LogP contribution is -2.32. The normalized spacial score (nSPS) is 12.9. The highest BCUT2D eigenvalue weighted by Gasteiger charge is 2.25. The third kappa shape index (κ3) is 3.09. The maximum atomic E-state index is 12.2. The fourth-order valence-corrected chi connectivity index (χ4v) is 4.17. The average molecular weight is 339 g/mol. The van der Waals surface area contributed by atoms with Crippen LogP contribution in [0.3, 0.4) is 0 Å². The molecular formula is C8H13N5O4S3. The number of hydrogen-bond donors (Lipinski definition) is 3. The van der Waals surface area contributed by atoms with Crippen LogP contribution >= 0.6 is 11.3 Å². The first-order valence-corrected chi connectivity index (χ1v) is 9.46. The highest BCUT2D eigenvalue weighted by molar-refractivity contribution is 7.90. The summed E-state index contributed by atoms with van der Waals surface area (Å²) in [4.78, 5) is 4.64. The molecule has 0 aliphatic rings. The van der Waals surface area contributed by atoms with Crippen molar-refractivity contribution in [2.24, 2.45) is 5.14 Å². The molecule has 0 fully saturated rings. The van der Waals surface area contributed by atoms with Crippen molar-refractivity contribution in [3.8, 4) is 0 Å². The molecule has 0 atom stereocenters. The molecule has 2 aromatic heterocycles. The lowest BCUT2D eigenvalue weighted by atomic mass is 10.7. The van der Waals surface area contributed by atoms with Gasteiger partial charge >= 0.3 is 0 Å². The zero-order valence-corrected chi connectivity index (χ0v) is 12.8. The van der Waals surface area contributed by atoms with Gasteiger partial charge in [-0.1, -0.05) is 0 Å². The maximum Gasteiger partial charge on any atom is 0.260 e. The molecule has 0 saturated heterocycles. The quantitative estimate of drug-likeness (QED) is 0.618. The molecule has 0 saturated carbocycles. The van der Waals surface area contributed by atoms with Crippen LogP contribution in [0.25, 0.3) is 4.96 Å². The molecule has 0 radical (unpaired) electrons. The predicted octanol–water partition coefficient (Wildman–Crippen LogP) is -0.996. The Hall–Kier alpha value is -1.21. The Morgan fingerprint density at radius 2 is 2.10 bits per heavy atom. The van der Waals surface area contributed by atoms with E-state index in [0.29, 0.717) is 4.96 Å². The van der Waals surface area contributed by atoms with Gasteiger partial charge in [0, 0.05) is 25.2 Å². The van der Waals surface area contributed by atoms with Crippen LogP contribution in [0.4, 0.5) is 5.82 Å². The van der Waals surface area contributed by atoms with Gasteiger partial charge in [0.2, 0.25) is 10.0 Å². The second-order valence-electron chi connectivity index (χ2n) is 3.84. The number of thiazole rings is 1. The van der Waals surface area contributed by atoms with Crippen LogP contribution in [0.1, 0.15) is 0 Å². The van der Waals surface area contributed by atoms with E-state index >= 15 is 0 Å². The van der Waals surface area contributed by atoms with E-state index in [1.807, 2.05) is 0 Å². The van der Waals surface area contributed by atoms with Crippen molar-refractivity contribution in [2.75, 3.05) is 24.7 Å². The van der Waals surface area contributed by atoms with E-state index < -0.39 is 25.8 Å². The van der Waals surface area contributed by atoms with Crippen molar-refractivity contribution < 1.29 is 16.8 Å². The molecule has 2 aromatic rings. The van der Waals surface area contributed by atoms with E-state index in [9.17, 15) is 16.8 Å². The van der Waals surface area contributed by atoms with Crippen LogP contribution in [-0.4, -0.2) is 45.6 Å². The summed E-state index contributed by atoms with van der Waals surface area (Å²) in [6, 6.07) is 0. The minimum atomic E-state index is -3.90. The van der Waals surface area contributed by atoms with Crippen LogP contribution in [0, 0.1) is 0 Å². The Morgan fingerprint density at radius 3 is 2.70 bits per heavy atom. The van der Waals surface area contributed by atoms with Gasteiger partial charge in [0.05, 0.1) is 5.75 Å². The Balaban J connectivity index is 2.33. The van der Waals surface area contributed by atoms with Crippen LogP contribution in [-0.2, 0) is 20.0 Å². The molecule has 0 aliphatic carbocycles. The van der Waals surface area contributed by atoms with E-state index in [1.54, 1.807) is 18.6 Å². The van der Waals surface area contributed by atoms with Crippen LogP contribution in [0.5, 0.6) is 0 Å². The van der Waals surface area contributed by atoms with Gasteiger partial charge in [-0.3, -0.25) is 4.40 Å². The molecule has 4 N–H and O–H groups in total. The third-order valence-electron chi connectivity index (χ3n) is 2.39. The molecule has 0 aromatic carbocycles. The molecule has 20 heavy (non-hydrogen) atoms. The predicted molar refractivity (Wildman–Crippen MR) is 75.8 cm³/mol. The number of fused-ring (bicyclic) bond motifs is 1. The van der Waals surface area contributed by atoms with Gasteiger partial charge in [-0.2, -0.15) is 0 Å². The summed E-state index contributed by atoms with van der Waals surface area (Å²) < 4.78 is 49.7. The summed E-state index contributed by atoms with van der Waals surface area (Å²) in [6.07, 6.45) is 1.57. The second kappa shape index (κ2) is 5.29. The topological polar surface area (TPSA) is 136 Å². The number of nitrogens with one attached hydrogen (secondary N) is 2. The fraction of sp³-hybridized carbons (Fsp3) is 0.375. The molecule has 0 spiro atoms. The number of aromatic nitrogens is 2. The number of anilines is 1. The summed E-state index contributed by atoms with van der Waals surface area (Å²) in [5, 5.41) is 9.15. The number of hydrogen-bond acceptors (Lipinski definition) is 7. The maximum absolute atomic E-state index is 12.2. The first-order chi connectivity index (χ1) is 9.24. The largest absolute Gasteiger partial charge is 0.371 e. The van der Waals surface area contributed by atoms with Crippen molar-refractivity contribution >= 4 is 42.2 Å². The third-order valence-corrected chi connectivity index (χ3v) is 5.40. The molecule has 0 amide bonds. The van der Waals surface area contributed by atoms with Crippen molar-refractivity contribution in [1.29, 1.82) is 0 Å². The molecule has 2 heterocycles. The molecule has 9 nitrogen and oxygen atoms in total. The van der Waals surface area contributed by atoms with Crippen LogP contribution in [0.15, 0.2) is 16.6 Å². The standard InChI is InChI=1S/C8H13N5O4S3/c1-10-6-7(13-3-4-18-8(13)12-6)20(16,17)11-2-5-19(9,14)15/h3-4,10-11H,2,5H2,1H3,(H2,9,14,15). The van der Waals surface area contributed by atoms with E-state index in [2.05, 4.69) is 15.0 Å². The SMILES string of the molecule is CNc1nc2sccn2c1S(=O)(=O)NCCS(N)(=O)=O. The number of primary sulfonamides is 1. The number of rotatable bonds is 6. The van der Waals surface area contributed by atoms with Crippen LogP contribution < -0.4 is 15.2 Å². The number of nitrogens with zero attached hydrogens (tertiary/aromatic N) is 2. The van der Waals surface area contributed by atoms with Crippen molar-refractivity contribution in [3.63, 3.8) is 0 Å². The highest BCUT2D eigenvalue weighted by Crippen LogP contribution is 2.24. The summed E-state index contributed by atoms with van der Waals surface area (Å²) >= 11 is 1.29. The summed E-state index contributed by atoms with van der Waals surface area (Å²) in [7, 11) is -6.08. The van der Waals surface area contributed by atoms with Crippen molar-refractivity contribution in [1.82, 2.24) is 14.1 Å². The van der Waals surface area contributed by atoms with Crippen LogP contribution in [0.2, 0.25) is 0 Å². The number of sulfonamides is 2. The van der Waals surface area contributed by atoms with Gasteiger partial charge < -0.3 is 5.32 Å². The van der Waals surface area contributed by atoms with Gasteiger partial charge in [-0.25, -0.2) is 31.7 Å². The molecule has 12 heteroatoms. The van der Waals surface area contributed by atoms with E-state index in [4.69, 9.17) is 5.14 Å². The molecule has 0 aliphatic heterocycles. The highest BCUT2D eigenvalue weighted by atomic mass is 32.2. The summed E-state index contributed by atoms with van der Waals surface area (Å²) in [5.41, 5.74) is 0. The van der Waals surface area contributed by atoms with Gasteiger partial charge in [0.15, 0.2) is 15.8 Å². The Bertz CT molecular complexity index is 820. The second-order valence-corrected chi connectivity index (χ2v) is 8.13. The Kier molecular flexibility index (Phi) is 4.02. The molecular weight excluding hydrogens is 326 g/mol. The van der Waals surface area contributed by atoms with E-state index in [-0.39, 0.29) is 17.4 Å². The van der Waals surface area contributed by atoms with Crippen molar-refractivity contribution in [2.45, 2.75) is 5.03 Å². The number of imidazole rings is 1. The minimum absolute atomic E-state index is 0.0642. The van der Waals surface area contributed by atoms with Gasteiger partial charge in [0.25, 0.3) is 10.0 Å². The minimum Gasteiger partial charge on any atom is -0.371 e. The smallest absolute Gasteiger partial charge is 0.260 e. The van der Waals surface area contributed by atoms with Gasteiger partial charge in [0.1, 0.15) is 0 Å². The van der Waals surface area contributed by atoms with Gasteiger partial charge in [-0.15, -0.1) is 11.3 Å². The molecule has 2 rings (SSSR count). The van der Waals surface area contributed by atoms with Crippen molar-refractivity contribution in [3.05, 3.63) is 11.6 Å². The molecule has 112 valence electrons. The summed E-state index contributed by atoms with van der Waals surface area (Å²) in [5.74, 6) is -0.285. The zero-order valence-electron chi connectivity index (χ0n) is 10.4. The van der Waals surface area contributed by atoms with E-state index in [0.717, 1.165) is 0 Å². The lowest BCUT2D eigenvalue weighted by Gasteiger charge is -2.07. The first kappa shape index (κ1) is 15.2. The number of nitrogens with two attached hydrogens (primary N) is 1. The average Bonchev–Trinajstić information content (AvgIpc) is 2.84. The van der Waals surface area contributed by atoms with E-state index in [1.165, 1.54) is 15.7 Å². The molecule has 0 bridgehead atoms. The summed E-state index contributed by atoms with van der Waals surface area (Å²) in [6.45, 7) is -0.304. The Morgan fingerprint density at radius 1 is 1.40 bits per heavy atom. The lowest BCUT2D eigenvalue weighted by molar-refractivity contribution is 0.577. The first-order valence-electron chi connectivity index (χ1n) is 5.38. The molecule has 0 unspecified atom stereocenters. The fourth-order valence-electron chi connectivity index (χ4n) is 1.57. The zero-order chi connectivity index (χ0) is 15.0.